The van der Waals surface area contributed by atoms with E-state index in [0.29, 0.717) is 22.2 Å². The predicted octanol–water partition coefficient (Wildman–Crippen LogP) is 4.30. The maximum Gasteiger partial charge on any atom is 0.145 e. The van der Waals surface area contributed by atoms with Gasteiger partial charge in [0.25, 0.3) is 0 Å². The fraction of sp³-hybridized carbons (Fsp3) is 0.158. The van der Waals surface area contributed by atoms with Gasteiger partial charge >= 0.3 is 0 Å². The first-order valence-corrected chi connectivity index (χ1v) is 8.44. The highest BCUT2D eigenvalue weighted by Crippen LogP contribution is 2.34. The van der Waals surface area contributed by atoms with Crippen LogP contribution in [0.15, 0.2) is 42.2 Å². The van der Waals surface area contributed by atoms with Gasteiger partial charge in [-0.15, -0.1) is 0 Å². The van der Waals surface area contributed by atoms with Crippen molar-refractivity contribution in [3.63, 3.8) is 0 Å². The van der Waals surface area contributed by atoms with Crippen molar-refractivity contribution >= 4 is 39.7 Å². The third kappa shape index (κ3) is 2.59. The van der Waals surface area contributed by atoms with Crippen molar-refractivity contribution in [3.05, 3.63) is 58.6 Å². The van der Waals surface area contributed by atoms with Gasteiger partial charge in [-0.25, -0.2) is 4.98 Å². The lowest BCUT2D eigenvalue weighted by atomic mass is 10.1. The number of methoxy groups -OCH3 is 1. The summed E-state index contributed by atoms with van der Waals surface area (Å²) in [5.74, 6) is 1.45. The van der Waals surface area contributed by atoms with E-state index in [2.05, 4.69) is 9.97 Å². The van der Waals surface area contributed by atoms with E-state index in [9.17, 15) is 5.11 Å². The van der Waals surface area contributed by atoms with Crippen molar-refractivity contribution < 1.29 is 9.84 Å². The number of amidine groups is 1. The molecule has 0 saturated heterocycles. The lowest BCUT2D eigenvalue weighted by molar-refractivity contribution is 0.411. The van der Waals surface area contributed by atoms with Gasteiger partial charge in [0.2, 0.25) is 0 Å². The first-order valence-electron chi connectivity index (χ1n) is 8.07. The molecule has 0 amide bonds. The second kappa shape index (κ2) is 6.07. The maximum atomic E-state index is 10.5. The number of aromatic amines is 1. The summed E-state index contributed by atoms with van der Waals surface area (Å²) in [4.78, 5) is 9.41. The van der Waals surface area contributed by atoms with E-state index < -0.39 is 0 Å². The van der Waals surface area contributed by atoms with Crippen LogP contribution in [0.1, 0.15) is 11.4 Å². The first-order chi connectivity index (χ1) is 12.5. The molecule has 6 nitrogen and oxygen atoms in total. The Hall–Kier alpha value is -2.99. The zero-order valence-electron chi connectivity index (χ0n) is 14.3. The topological polar surface area (TPSA) is 85.2 Å². The molecule has 3 aromatic rings. The third-order valence-corrected chi connectivity index (χ3v) is 4.73. The molecule has 0 atom stereocenters. The molecule has 132 valence electrons. The van der Waals surface area contributed by atoms with Gasteiger partial charge in [-0.05, 0) is 36.8 Å². The van der Waals surface area contributed by atoms with Crippen LogP contribution in [0.5, 0.6) is 5.75 Å². The zero-order valence-corrected chi connectivity index (χ0v) is 15.1. The number of ether oxygens (including phenoxy) is 1. The van der Waals surface area contributed by atoms with Crippen molar-refractivity contribution in [2.75, 3.05) is 18.6 Å². The Bertz CT molecular complexity index is 1070. The highest BCUT2D eigenvalue weighted by Gasteiger charge is 2.32. The molecule has 0 unspecified atom stereocenters. The first kappa shape index (κ1) is 16.5. The Balaban J connectivity index is 1.74. The highest BCUT2D eigenvalue weighted by atomic mass is 35.5. The minimum absolute atomic E-state index is 0.0976. The van der Waals surface area contributed by atoms with Gasteiger partial charge in [-0.3, -0.25) is 5.41 Å². The van der Waals surface area contributed by atoms with Crippen molar-refractivity contribution in [3.8, 4) is 5.75 Å². The molecular weight excluding hydrogens is 352 g/mol. The number of H-pyrrole nitrogens is 1. The van der Waals surface area contributed by atoms with E-state index in [4.69, 9.17) is 21.7 Å². The molecule has 0 fully saturated rings. The van der Waals surface area contributed by atoms with Crippen LogP contribution in [0.4, 0.5) is 5.69 Å². The van der Waals surface area contributed by atoms with E-state index in [1.807, 2.05) is 31.2 Å². The van der Waals surface area contributed by atoms with Crippen molar-refractivity contribution in [1.82, 2.24) is 9.97 Å². The molecule has 0 saturated carbocycles. The molecule has 4 rings (SSSR count). The van der Waals surface area contributed by atoms with Crippen molar-refractivity contribution in [2.45, 2.75) is 6.92 Å². The fourth-order valence-corrected chi connectivity index (χ4v) is 3.31. The number of aliphatic hydroxyl groups excluding tert-OH is 1. The maximum absolute atomic E-state index is 10.5. The van der Waals surface area contributed by atoms with E-state index in [1.54, 1.807) is 24.1 Å². The molecule has 2 aromatic carbocycles. The number of hydrogen-bond acceptors (Lipinski definition) is 4. The summed E-state index contributed by atoms with van der Waals surface area (Å²) in [6.45, 7) is 2.15. The fourth-order valence-electron chi connectivity index (χ4n) is 3.14. The molecule has 0 spiro atoms. The molecule has 0 bridgehead atoms. The predicted molar refractivity (Wildman–Crippen MR) is 103 cm³/mol. The molecule has 1 aromatic heterocycles. The Morgan fingerprint density at radius 1 is 1.27 bits per heavy atom. The van der Waals surface area contributed by atoms with Gasteiger partial charge in [-0.1, -0.05) is 17.7 Å². The normalized spacial score (nSPS) is 14.6. The second-order valence-corrected chi connectivity index (χ2v) is 6.59. The summed E-state index contributed by atoms with van der Waals surface area (Å²) < 4.78 is 5.23. The molecule has 26 heavy (non-hydrogen) atoms. The number of fused-ring (bicyclic) bond motifs is 1. The Morgan fingerprint density at radius 2 is 2.08 bits per heavy atom. The summed E-state index contributed by atoms with van der Waals surface area (Å²) in [6.07, 6.45) is 0. The SMILES string of the molecule is COc1ccc2nc(C3=C(O)CN(c4cc(Cl)ccc4C)C3=N)[nH]c2c1. The Labute approximate surface area is 155 Å². The largest absolute Gasteiger partial charge is 0.509 e. The van der Waals surface area contributed by atoms with Crippen LogP contribution in [0.25, 0.3) is 16.6 Å². The zero-order chi connectivity index (χ0) is 18.4. The average Bonchev–Trinajstić information content (AvgIpc) is 3.16. The molecule has 2 heterocycles. The highest BCUT2D eigenvalue weighted by molar-refractivity contribution is 6.32. The van der Waals surface area contributed by atoms with Crippen LogP contribution in [0, 0.1) is 12.3 Å². The number of aromatic nitrogens is 2. The number of benzene rings is 2. The van der Waals surface area contributed by atoms with Crippen LogP contribution in [0.2, 0.25) is 5.02 Å². The summed E-state index contributed by atoms with van der Waals surface area (Å²) in [5.41, 5.74) is 3.68. The molecule has 1 aliphatic rings. The van der Waals surface area contributed by atoms with Crippen LogP contribution >= 0.6 is 11.6 Å². The summed E-state index contributed by atoms with van der Waals surface area (Å²) in [6, 6.07) is 11.0. The van der Waals surface area contributed by atoms with E-state index in [1.165, 1.54) is 0 Å². The Kier molecular flexibility index (Phi) is 3.85. The minimum Gasteiger partial charge on any atom is -0.509 e. The lowest BCUT2D eigenvalue weighted by Gasteiger charge is -2.21. The van der Waals surface area contributed by atoms with Crippen molar-refractivity contribution in [1.29, 1.82) is 5.41 Å². The number of halogens is 1. The number of aliphatic hydroxyl groups is 1. The third-order valence-electron chi connectivity index (χ3n) is 4.49. The van der Waals surface area contributed by atoms with Crippen LogP contribution < -0.4 is 9.64 Å². The summed E-state index contributed by atoms with van der Waals surface area (Å²) in [5, 5.41) is 19.7. The lowest BCUT2D eigenvalue weighted by Crippen LogP contribution is -2.27. The number of imidazole rings is 1. The van der Waals surface area contributed by atoms with Gasteiger partial charge in [0, 0.05) is 16.8 Å². The standard InChI is InChI=1S/C19H17ClN4O2/c1-10-3-4-11(20)7-15(10)24-9-16(25)17(18(24)21)19-22-13-6-5-12(26-2)8-14(13)23-19/h3-8,21,25H,9H2,1-2H3,(H,22,23). The molecular formula is C19H17ClN4O2. The van der Waals surface area contributed by atoms with Crippen molar-refractivity contribution in [2.24, 2.45) is 0 Å². The monoisotopic (exact) mass is 368 g/mol. The quantitative estimate of drug-likeness (QED) is 0.643. The Morgan fingerprint density at radius 3 is 2.85 bits per heavy atom. The van der Waals surface area contributed by atoms with E-state index in [-0.39, 0.29) is 18.1 Å². The molecule has 0 radical (unpaired) electrons. The number of nitrogens with one attached hydrogen (secondary N) is 2. The summed E-state index contributed by atoms with van der Waals surface area (Å²) >= 11 is 6.11. The molecule has 3 N–H and O–H groups in total. The van der Waals surface area contributed by atoms with Crippen LogP contribution in [-0.4, -0.2) is 34.6 Å². The molecule has 0 aliphatic carbocycles. The van der Waals surface area contributed by atoms with Gasteiger partial charge in [-0.2, -0.15) is 0 Å². The average molecular weight is 369 g/mol. The van der Waals surface area contributed by atoms with Gasteiger partial charge in [0.05, 0.1) is 30.3 Å². The van der Waals surface area contributed by atoms with Gasteiger partial charge in [0.15, 0.2) is 0 Å². The van der Waals surface area contributed by atoms with E-state index in [0.717, 1.165) is 22.3 Å². The minimum atomic E-state index is 0.0976. The second-order valence-electron chi connectivity index (χ2n) is 6.16. The number of nitrogens with zero attached hydrogens (tertiary/aromatic N) is 2. The van der Waals surface area contributed by atoms with Gasteiger partial charge < -0.3 is 19.7 Å². The molecule has 1 aliphatic heterocycles. The number of aryl methyl sites for hydroxylation is 1. The van der Waals surface area contributed by atoms with Gasteiger partial charge in [0.1, 0.15) is 23.2 Å². The molecule has 7 heteroatoms. The number of rotatable bonds is 3. The van der Waals surface area contributed by atoms with Crippen LogP contribution in [-0.2, 0) is 0 Å². The smallest absolute Gasteiger partial charge is 0.145 e. The van der Waals surface area contributed by atoms with Crippen LogP contribution in [0.3, 0.4) is 0 Å². The number of anilines is 1. The number of hydrogen-bond donors (Lipinski definition) is 3. The van der Waals surface area contributed by atoms with E-state index >= 15 is 0 Å². The summed E-state index contributed by atoms with van der Waals surface area (Å²) in [7, 11) is 1.60.